The average Bonchev–Trinajstić information content (AvgIpc) is 3.23. The lowest BCUT2D eigenvalue weighted by Gasteiger charge is -2.49. The predicted molar refractivity (Wildman–Crippen MR) is 206 cm³/mol. The first-order valence-electron chi connectivity index (χ1n) is 20.9. The number of benzene rings is 1. The number of ketones is 1. The predicted octanol–water partition coefficient (Wildman–Crippen LogP) is 2.90. The second-order valence-electron chi connectivity index (χ2n) is 16.3. The Morgan fingerprint density at radius 1 is 0.879 bits per heavy atom. The monoisotopic (exact) mass is 818 g/mol. The molecule has 15 heteroatoms. The number of ether oxygens (including phenoxy) is 6. The first kappa shape index (κ1) is 46.1. The summed E-state index contributed by atoms with van der Waals surface area (Å²) in [5.41, 5.74) is 0.148. The van der Waals surface area contributed by atoms with Crippen molar-refractivity contribution in [3.05, 3.63) is 35.9 Å². The van der Waals surface area contributed by atoms with Gasteiger partial charge in [-0.05, 0) is 63.0 Å². The maximum atomic E-state index is 13.7. The van der Waals surface area contributed by atoms with E-state index in [9.17, 15) is 45.0 Å². The van der Waals surface area contributed by atoms with Crippen LogP contribution < -0.4 is 0 Å². The summed E-state index contributed by atoms with van der Waals surface area (Å²) in [6.45, 7) is 2.69. The number of aliphatic carboxylic acids is 1. The van der Waals surface area contributed by atoms with Gasteiger partial charge in [-0.25, -0.2) is 9.59 Å². The van der Waals surface area contributed by atoms with Gasteiger partial charge in [-0.3, -0.25) is 4.79 Å². The number of carboxylic acid groups (broad SMARTS) is 1. The molecule has 2 saturated heterocycles. The van der Waals surface area contributed by atoms with E-state index in [-0.39, 0.29) is 42.4 Å². The quantitative estimate of drug-likeness (QED) is 0.0711. The van der Waals surface area contributed by atoms with Crippen LogP contribution >= 0.6 is 0 Å². The molecule has 2 aliphatic heterocycles. The number of unbranched alkanes of at least 4 members (excludes halogenated alkanes) is 2. The summed E-state index contributed by atoms with van der Waals surface area (Å²) < 4.78 is 37.3. The van der Waals surface area contributed by atoms with E-state index >= 15 is 0 Å². The SMILES string of the molecule is C#CCCCCC(=O)C1CC(CC)[C@H](OC2OC(C)C(O)C(O)C2O)C(OC2OC(CO)C(O)C(OC(CC3CCCCC3)C(=O)O)C2OC(=O)c2ccccc2)C1. The first-order valence-corrected chi connectivity index (χ1v) is 20.9. The molecule has 2 aliphatic carbocycles. The number of rotatable bonds is 18. The highest BCUT2D eigenvalue weighted by Gasteiger charge is 2.54. The fourth-order valence-corrected chi connectivity index (χ4v) is 8.82. The summed E-state index contributed by atoms with van der Waals surface area (Å²) in [5, 5.41) is 64.4. The van der Waals surface area contributed by atoms with E-state index in [0.29, 0.717) is 32.1 Å². The van der Waals surface area contributed by atoms with Gasteiger partial charge in [0.2, 0.25) is 0 Å². The van der Waals surface area contributed by atoms with Crippen LogP contribution in [0.3, 0.4) is 0 Å². The molecular weight excluding hydrogens is 756 g/mol. The van der Waals surface area contributed by atoms with Gasteiger partial charge in [-0.1, -0.05) is 63.6 Å². The average molecular weight is 819 g/mol. The van der Waals surface area contributed by atoms with E-state index < -0.39 is 104 Å². The molecule has 15 atom stereocenters. The number of carboxylic acids is 1. The highest BCUT2D eigenvalue weighted by molar-refractivity contribution is 5.89. The Morgan fingerprint density at radius 2 is 1.60 bits per heavy atom. The number of carbonyl (C=O) groups excluding carboxylic acids is 2. The van der Waals surface area contributed by atoms with E-state index in [4.69, 9.17) is 34.8 Å². The van der Waals surface area contributed by atoms with Gasteiger partial charge in [-0.15, -0.1) is 12.3 Å². The Hall–Kier alpha value is -3.01. The molecule has 1 aromatic rings. The summed E-state index contributed by atoms with van der Waals surface area (Å²) in [4.78, 5) is 40.2. The van der Waals surface area contributed by atoms with Crippen LogP contribution in [-0.4, -0.2) is 135 Å². The summed E-state index contributed by atoms with van der Waals surface area (Å²) in [6.07, 6.45) is -4.85. The molecule has 14 unspecified atom stereocenters. The van der Waals surface area contributed by atoms with Gasteiger partial charge >= 0.3 is 11.9 Å². The Bertz CT molecular complexity index is 1500. The maximum Gasteiger partial charge on any atom is 0.338 e. The van der Waals surface area contributed by atoms with Crippen LogP contribution in [0, 0.1) is 30.1 Å². The summed E-state index contributed by atoms with van der Waals surface area (Å²) >= 11 is 0. The van der Waals surface area contributed by atoms with Gasteiger partial charge < -0.3 is 59.1 Å². The lowest BCUT2D eigenvalue weighted by atomic mass is 9.74. The number of carbonyl (C=O) groups is 3. The molecule has 15 nitrogen and oxygen atoms in total. The Labute approximate surface area is 340 Å². The Balaban J connectivity index is 1.50. The van der Waals surface area contributed by atoms with Crippen molar-refractivity contribution in [2.45, 2.75) is 177 Å². The standard InChI is InChI=1S/C43H62O15/c1-4-6-7-14-19-29(45)28-21-26(5-2)37(58-42-36(49)35(48)33(46)24(3)53-42)30(22-28)55-43-39(57-41(52)27-17-12-9-13-18-27)38(34(47)32(23-44)56-43)54-31(40(50)51)20-25-15-10-8-11-16-25/h1,9,12-13,17-18,24-26,28,30-39,42-44,46-49H,5-8,10-11,14-16,19-23H2,2-3H3,(H,50,51)/t24?,26?,28?,30?,31?,32?,33?,34?,35?,36?,37-,38?,39?,42?,43?/m0/s1. The lowest BCUT2D eigenvalue weighted by molar-refractivity contribution is -0.349. The van der Waals surface area contributed by atoms with Gasteiger partial charge in [0.25, 0.3) is 0 Å². The third-order valence-corrected chi connectivity index (χ3v) is 12.2. The van der Waals surface area contributed by atoms with Crippen LogP contribution in [0.25, 0.3) is 0 Å². The number of terminal acetylenes is 1. The molecule has 0 bridgehead atoms. The summed E-state index contributed by atoms with van der Waals surface area (Å²) in [6, 6.07) is 8.02. The molecule has 0 radical (unpaired) electrons. The molecular formula is C43H62O15. The number of aliphatic hydroxyl groups excluding tert-OH is 5. The normalized spacial score (nSPS) is 36.4. The number of Topliss-reactive ketones (excluding diaryl/α,β-unsaturated/α-hetero) is 1. The Morgan fingerprint density at radius 3 is 2.26 bits per heavy atom. The highest BCUT2D eigenvalue weighted by atomic mass is 16.7. The second-order valence-corrected chi connectivity index (χ2v) is 16.3. The number of hydrogen-bond donors (Lipinski definition) is 6. The minimum Gasteiger partial charge on any atom is -0.479 e. The van der Waals surface area contributed by atoms with Gasteiger partial charge in [-0.2, -0.15) is 0 Å². The van der Waals surface area contributed by atoms with Crippen molar-refractivity contribution in [1.29, 1.82) is 0 Å². The third kappa shape index (κ3) is 11.6. The van der Waals surface area contributed by atoms with Crippen molar-refractivity contribution in [2.24, 2.45) is 17.8 Å². The molecule has 4 aliphatic rings. The maximum absolute atomic E-state index is 13.7. The minimum atomic E-state index is -1.66. The van der Waals surface area contributed by atoms with Crippen molar-refractivity contribution in [3.63, 3.8) is 0 Å². The van der Waals surface area contributed by atoms with Crippen molar-refractivity contribution >= 4 is 17.7 Å². The summed E-state index contributed by atoms with van der Waals surface area (Å²) in [5.74, 6) is -0.368. The molecule has 2 saturated carbocycles. The van der Waals surface area contributed by atoms with Crippen molar-refractivity contribution < 1.29 is 73.4 Å². The van der Waals surface area contributed by atoms with Gasteiger partial charge in [0.05, 0.1) is 30.5 Å². The number of hydrogen-bond acceptors (Lipinski definition) is 14. The molecule has 6 N–H and O–H groups in total. The second kappa shape index (κ2) is 22.0. The molecule has 324 valence electrons. The molecule has 1 aromatic carbocycles. The highest BCUT2D eigenvalue weighted by Crippen LogP contribution is 2.41. The van der Waals surface area contributed by atoms with Gasteiger partial charge in [0.15, 0.2) is 24.8 Å². The summed E-state index contributed by atoms with van der Waals surface area (Å²) in [7, 11) is 0. The van der Waals surface area contributed by atoms with Crippen molar-refractivity contribution in [1.82, 2.24) is 0 Å². The van der Waals surface area contributed by atoms with Gasteiger partial charge in [0.1, 0.15) is 42.4 Å². The smallest absolute Gasteiger partial charge is 0.338 e. The molecule has 0 aromatic heterocycles. The van der Waals surface area contributed by atoms with E-state index in [2.05, 4.69) is 5.92 Å². The molecule has 5 rings (SSSR count). The molecule has 0 amide bonds. The van der Waals surface area contributed by atoms with E-state index in [0.717, 1.165) is 32.1 Å². The zero-order valence-electron chi connectivity index (χ0n) is 33.5. The topological polar surface area (TPSA) is 228 Å². The fourth-order valence-electron chi connectivity index (χ4n) is 8.82. The zero-order chi connectivity index (χ0) is 41.9. The number of esters is 1. The van der Waals surface area contributed by atoms with E-state index in [1.54, 1.807) is 18.2 Å². The third-order valence-electron chi connectivity index (χ3n) is 12.2. The van der Waals surface area contributed by atoms with Crippen molar-refractivity contribution in [3.8, 4) is 12.3 Å². The number of aliphatic hydroxyl groups is 5. The van der Waals surface area contributed by atoms with E-state index in [1.165, 1.54) is 19.1 Å². The van der Waals surface area contributed by atoms with Crippen LogP contribution in [0.15, 0.2) is 30.3 Å². The first-order chi connectivity index (χ1) is 27.9. The van der Waals surface area contributed by atoms with Crippen LogP contribution in [0.5, 0.6) is 0 Å². The molecule has 2 heterocycles. The molecule has 4 fully saturated rings. The minimum absolute atomic E-state index is 0.0165. The largest absolute Gasteiger partial charge is 0.479 e. The van der Waals surface area contributed by atoms with Crippen molar-refractivity contribution in [2.75, 3.05) is 6.61 Å². The zero-order valence-corrected chi connectivity index (χ0v) is 33.5. The molecule has 58 heavy (non-hydrogen) atoms. The van der Waals surface area contributed by atoms with Crippen LogP contribution in [0.2, 0.25) is 0 Å². The van der Waals surface area contributed by atoms with E-state index in [1.807, 2.05) is 6.92 Å². The molecule has 0 spiro atoms. The van der Waals surface area contributed by atoms with Crippen LogP contribution in [-0.2, 0) is 38.0 Å². The fraction of sp³-hybridized carbons (Fsp3) is 0.744. The van der Waals surface area contributed by atoms with Crippen LogP contribution in [0.4, 0.5) is 0 Å². The lowest BCUT2D eigenvalue weighted by Crippen LogP contribution is -2.64. The van der Waals surface area contributed by atoms with Gasteiger partial charge in [0, 0.05) is 18.8 Å². The van der Waals surface area contributed by atoms with Crippen LogP contribution in [0.1, 0.15) is 108 Å². The Kier molecular flexibility index (Phi) is 17.5.